The van der Waals surface area contributed by atoms with Crippen LogP contribution >= 0.6 is 23.6 Å². The standard InChI is InChI=1S/C14H22N4S2/c1-5-8-10-11(12-16-17-14(19)18(12)4)20-13(15-10)9(6-2)7-3/h9H,5-8H2,1-4H3,(H,17,19). The van der Waals surface area contributed by atoms with Crippen LogP contribution in [0.3, 0.4) is 0 Å². The molecule has 0 aliphatic carbocycles. The first kappa shape index (κ1) is 15.4. The number of nitrogens with zero attached hydrogens (tertiary/aromatic N) is 3. The van der Waals surface area contributed by atoms with Crippen LogP contribution in [0.15, 0.2) is 0 Å². The van der Waals surface area contributed by atoms with E-state index >= 15 is 0 Å². The highest BCUT2D eigenvalue weighted by Crippen LogP contribution is 2.35. The van der Waals surface area contributed by atoms with Crippen molar-refractivity contribution in [1.29, 1.82) is 0 Å². The van der Waals surface area contributed by atoms with Crippen LogP contribution in [0.2, 0.25) is 0 Å². The van der Waals surface area contributed by atoms with E-state index in [4.69, 9.17) is 17.2 Å². The van der Waals surface area contributed by atoms with Gasteiger partial charge in [-0.25, -0.2) is 4.98 Å². The van der Waals surface area contributed by atoms with Crippen molar-refractivity contribution in [3.8, 4) is 10.7 Å². The molecule has 110 valence electrons. The molecule has 0 saturated heterocycles. The van der Waals surface area contributed by atoms with Crippen molar-refractivity contribution in [3.63, 3.8) is 0 Å². The molecule has 2 rings (SSSR count). The summed E-state index contributed by atoms with van der Waals surface area (Å²) in [6.45, 7) is 6.64. The average Bonchev–Trinajstić information content (AvgIpc) is 2.98. The van der Waals surface area contributed by atoms with Gasteiger partial charge in [-0.05, 0) is 31.5 Å². The minimum absolute atomic E-state index is 0.552. The number of nitrogens with one attached hydrogen (secondary N) is 1. The van der Waals surface area contributed by atoms with Crippen LogP contribution in [0, 0.1) is 4.77 Å². The average molecular weight is 310 g/mol. The molecule has 2 heterocycles. The van der Waals surface area contributed by atoms with Crippen molar-refractivity contribution in [2.24, 2.45) is 7.05 Å². The maximum Gasteiger partial charge on any atom is 0.195 e. The molecular weight excluding hydrogens is 288 g/mol. The zero-order valence-electron chi connectivity index (χ0n) is 12.6. The van der Waals surface area contributed by atoms with Crippen LogP contribution in [-0.4, -0.2) is 19.7 Å². The maximum absolute atomic E-state index is 5.22. The van der Waals surface area contributed by atoms with Crippen molar-refractivity contribution in [2.45, 2.75) is 52.4 Å². The zero-order valence-corrected chi connectivity index (χ0v) is 14.2. The minimum Gasteiger partial charge on any atom is -0.303 e. The summed E-state index contributed by atoms with van der Waals surface area (Å²) in [5.74, 6) is 1.46. The van der Waals surface area contributed by atoms with E-state index in [9.17, 15) is 0 Å². The number of hydrogen-bond acceptors (Lipinski definition) is 4. The molecule has 0 bridgehead atoms. The molecule has 4 nitrogen and oxygen atoms in total. The lowest BCUT2D eigenvalue weighted by Gasteiger charge is -2.06. The smallest absolute Gasteiger partial charge is 0.195 e. The summed E-state index contributed by atoms with van der Waals surface area (Å²) in [6, 6.07) is 0. The molecule has 2 aromatic heterocycles. The zero-order chi connectivity index (χ0) is 14.7. The van der Waals surface area contributed by atoms with Gasteiger partial charge in [0.15, 0.2) is 10.6 Å². The molecule has 0 fully saturated rings. The van der Waals surface area contributed by atoms with Gasteiger partial charge < -0.3 is 4.57 Å². The van der Waals surface area contributed by atoms with Crippen molar-refractivity contribution in [3.05, 3.63) is 15.5 Å². The molecule has 0 spiro atoms. The Bertz CT molecular complexity index is 619. The van der Waals surface area contributed by atoms with Crippen LogP contribution in [0.1, 0.15) is 56.7 Å². The molecule has 2 aromatic rings. The SMILES string of the molecule is CCCc1nc(C(CC)CC)sc1-c1n[nH]c(=S)n1C. The molecule has 1 N–H and O–H groups in total. The quantitative estimate of drug-likeness (QED) is 0.801. The van der Waals surface area contributed by atoms with E-state index < -0.39 is 0 Å². The van der Waals surface area contributed by atoms with Gasteiger partial charge in [0, 0.05) is 13.0 Å². The maximum atomic E-state index is 5.22. The van der Waals surface area contributed by atoms with E-state index in [1.807, 2.05) is 11.6 Å². The van der Waals surface area contributed by atoms with Gasteiger partial charge in [-0.3, -0.25) is 5.10 Å². The van der Waals surface area contributed by atoms with Crippen molar-refractivity contribution >= 4 is 23.6 Å². The first-order valence-electron chi connectivity index (χ1n) is 7.23. The van der Waals surface area contributed by atoms with Crippen molar-refractivity contribution in [2.75, 3.05) is 0 Å². The third kappa shape index (κ3) is 2.86. The highest BCUT2D eigenvalue weighted by molar-refractivity contribution is 7.71. The minimum atomic E-state index is 0.552. The van der Waals surface area contributed by atoms with E-state index in [-0.39, 0.29) is 0 Å². The molecular formula is C14H22N4S2. The summed E-state index contributed by atoms with van der Waals surface area (Å²) < 4.78 is 2.58. The Hall–Kier alpha value is -1.01. The van der Waals surface area contributed by atoms with E-state index in [0.29, 0.717) is 10.7 Å². The second-order valence-electron chi connectivity index (χ2n) is 5.00. The first-order chi connectivity index (χ1) is 9.62. The van der Waals surface area contributed by atoms with Gasteiger partial charge in [0.2, 0.25) is 0 Å². The van der Waals surface area contributed by atoms with Crippen LogP contribution in [0.5, 0.6) is 0 Å². The predicted molar refractivity (Wildman–Crippen MR) is 86.8 cm³/mol. The Morgan fingerprint density at radius 1 is 1.30 bits per heavy atom. The number of aromatic nitrogens is 4. The summed E-state index contributed by atoms with van der Waals surface area (Å²) in [4.78, 5) is 6.06. The summed E-state index contributed by atoms with van der Waals surface area (Å²) in [5.41, 5.74) is 1.16. The lowest BCUT2D eigenvalue weighted by Crippen LogP contribution is -1.96. The summed E-state index contributed by atoms with van der Waals surface area (Å²) in [6.07, 6.45) is 4.35. The monoisotopic (exact) mass is 310 g/mol. The van der Waals surface area contributed by atoms with Crippen LogP contribution < -0.4 is 0 Å². The molecule has 6 heteroatoms. The Balaban J connectivity index is 2.50. The van der Waals surface area contributed by atoms with Crippen molar-refractivity contribution in [1.82, 2.24) is 19.7 Å². The van der Waals surface area contributed by atoms with Crippen LogP contribution in [0.4, 0.5) is 0 Å². The van der Waals surface area contributed by atoms with Gasteiger partial charge in [0.25, 0.3) is 0 Å². The highest BCUT2D eigenvalue weighted by Gasteiger charge is 2.20. The second-order valence-corrected chi connectivity index (χ2v) is 6.42. The van der Waals surface area contributed by atoms with E-state index in [0.717, 1.165) is 37.2 Å². The molecule has 0 aliphatic rings. The molecule has 0 saturated carbocycles. The Labute approximate surface area is 129 Å². The Morgan fingerprint density at radius 3 is 2.50 bits per heavy atom. The lowest BCUT2D eigenvalue weighted by molar-refractivity contribution is 0.634. The largest absolute Gasteiger partial charge is 0.303 e. The highest BCUT2D eigenvalue weighted by atomic mass is 32.1. The van der Waals surface area contributed by atoms with Gasteiger partial charge in [-0.15, -0.1) is 11.3 Å². The predicted octanol–water partition coefficient (Wildman–Crippen LogP) is 4.46. The van der Waals surface area contributed by atoms with Gasteiger partial charge in [-0.1, -0.05) is 27.2 Å². The lowest BCUT2D eigenvalue weighted by atomic mass is 10.1. The summed E-state index contributed by atoms with van der Waals surface area (Å²) in [5, 5.41) is 8.47. The molecule has 0 unspecified atom stereocenters. The van der Waals surface area contributed by atoms with E-state index in [1.165, 1.54) is 9.88 Å². The molecule has 0 atom stereocenters. The number of rotatable bonds is 6. The molecule has 0 radical (unpaired) electrons. The number of aromatic amines is 1. The Morgan fingerprint density at radius 2 is 2.00 bits per heavy atom. The van der Waals surface area contributed by atoms with Gasteiger partial charge in [-0.2, -0.15) is 5.10 Å². The second kappa shape index (κ2) is 6.63. The number of H-pyrrole nitrogens is 1. The van der Waals surface area contributed by atoms with E-state index in [2.05, 4.69) is 31.0 Å². The first-order valence-corrected chi connectivity index (χ1v) is 8.46. The topological polar surface area (TPSA) is 46.5 Å². The van der Waals surface area contributed by atoms with Gasteiger partial charge >= 0.3 is 0 Å². The van der Waals surface area contributed by atoms with Gasteiger partial charge in [0.05, 0.1) is 15.6 Å². The fourth-order valence-corrected chi connectivity index (χ4v) is 3.85. The normalized spacial score (nSPS) is 11.4. The van der Waals surface area contributed by atoms with E-state index in [1.54, 1.807) is 11.3 Å². The van der Waals surface area contributed by atoms with Crippen LogP contribution in [-0.2, 0) is 13.5 Å². The fraction of sp³-hybridized carbons (Fsp3) is 0.643. The molecule has 0 aliphatic heterocycles. The van der Waals surface area contributed by atoms with Gasteiger partial charge in [0.1, 0.15) is 0 Å². The summed E-state index contributed by atoms with van der Waals surface area (Å²) in [7, 11) is 1.95. The summed E-state index contributed by atoms with van der Waals surface area (Å²) >= 11 is 6.99. The molecule has 0 amide bonds. The molecule has 0 aromatic carbocycles. The third-order valence-electron chi connectivity index (χ3n) is 3.62. The van der Waals surface area contributed by atoms with Crippen molar-refractivity contribution < 1.29 is 0 Å². The third-order valence-corrected chi connectivity index (χ3v) is 5.24. The Kier molecular flexibility index (Phi) is 5.10. The fourth-order valence-electron chi connectivity index (χ4n) is 2.31. The van der Waals surface area contributed by atoms with Crippen LogP contribution in [0.25, 0.3) is 10.7 Å². The number of hydrogen-bond donors (Lipinski definition) is 1. The number of aryl methyl sites for hydroxylation is 1. The molecule has 20 heavy (non-hydrogen) atoms. The number of thiazole rings is 1.